The lowest BCUT2D eigenvalue weighted by Crippen LogP contribution is -2.23. The second-order valence-electron chi connectivity index (χ2n) is 3.75. The van der Waals surface area contributed by atoms with Crippen LogP contribution in [0.15, 0.2) is 23.8 Å². The minimum atomic E-state index is -0.241. The zero-order valence-electron chi connectivity index (χ0n) is 8.39. The quantitative estimate of drug-likeness (QED) is 0.774. The number of piperidine rings is 1. The van der Waals surface area contributed by atoms with Crippen molar-refractivity contribution >= 4 is 17.7 Å². The Morgan fingerprint density at radius 3 is 3.00 bits per heavy atom. The van der Waals surface area contributed by atoms with Gasteiger partial charge in [-0.3, -0.25) is 0 Å². The minimum Gasteiger partial charge on any atom is -0.313 e. The van der Waals surface area contributed by atoms with Crippen molar-refractivity contribution in [2.45, 2.75) is 12.8 Å². The first kappa shape index (κ1) is 10.7. The molecule has 1 fully saturated rings. The molecule has 80 valence electrons. The predicted molar refractivity (Wildman–Crippen MR) is 61.5 cm³/mol. The molecular formula is C12H13ClFN. The smallest absolute Gasteiger partial charge is 0.123 e. The number of hydrogen-bond acceptors (Lipinski definition) is 1. The van der Waals surface area contributed by atoms with Gasteiger partial charge in [0.15, 0.2) is 0 Å². The van der Waals surface area contributed by atoms with E-state index in [0.717, 1.165) is 31.5 Å². The average Bonchev–Trinajstić information content (AvgIpc) is 2.25. The van der Waals surface area contributed by atoms with Crippen LogP contribution in [0.2, 0.25) is 5.02 Å². The number of halogens is 2. The second kappa shape index (κ2) is 4.77. The largest absolute Gasteiger partial charge is 0.313 e. The third kappa shape index (κ3) is 2.80. The molecule has 0 unspecified atom stereocenters. The van der Waals surface area contributed by atoms with Gasteiger partial charge in [-0.15, -0.1) is 0 Å². The fourth-order valence-corrected chi connectivity index (χ4v) is 1.92. The van der Waals surface area contributed by atoms with Gasteiger partial charge in [-0.05, 0) is 43.1 Å². The normalized spacial score (nSPS) is 19.5. The lowest BCUT2D eigenvalue weighted by molar-refractivity contribution is 0.612. The van der Waals surface area contributed by atoms with Gasteiger partial charge in [0.05, 0.1) is 0 Å². The second-order valence-corrected chi connectivity index (χ2v) is 4.16. The van der Waals surface area contributed by atoms with Gasteiger partial charge < -0.3 is 5.32 Å². The molecule has 0 aliphatic carbocycles. The van der Waals surface area contributed by atoms with Gasteiger partial charge >= 0.3 is 0 Å². The lowest BCUT2D eigenvalue weighted by atomic mass is 10.0. The molecule has 1 aliphatic rings. The molecular weight excluding hydrogens is 213 g/mol. The molecule has 0 spiro atoms. The summed E-state index contributed by atoms with van der Waals surface area (Å²) < 4.78 is 13.0. The monoisotopic (exact) mass is 225 g/mol. The van der Waals surface area contributed by atoms with E-state index in [0.29, 0.717) is 5.02 Å². The summed E-state index contributed by atoms with van der Waals surface area (Å²) in [6, 6.07) is 4.45. The third-order valence-corrected chi connectivity index (χ3v) is 2.87. The van der Waals surface area contributed by atoms with Gasteiger partial charge in [-0.2, -0.15) is 0 Å². The Labute approximate surface area is 93.9 Å². The van der Waals surface area contributed by atoms with Gasteiger partial charge in [-0.1, -0.05) is 23.3 Å². The van der Waals surface area contributed by atoms with E-state index in [-0.39, 0.29) is 5.82 Å². The number of hydrogen-bond donors (Lipinski definition) is 1. The summed E-state index contributed by atoms with van der Waals surface area (Å²) in [5.41, 5.74) is 2.06. The van der Waals surface area contributed by atoms with Gasteiger partial charge in [0.25, 0.3) is 0 Å². The van der Waals surface area contributed by atoms with Crippen LogP contribution in [0.3, 0.4) is 0 Å². The van der Waals surface area contributed by atoms with Crippen LogP contribution < -0.4 is 5.32 Å². The molecule has 2 rings (SSSR count). The molecule has 0 amide bonds. The van der Waals surface area contributed by atoms with Crippen molar-refractivity contribution in [1.82, 2.24) is 5.32 Å². The lowest BCUT2D eigenvalue weighted by Gasteiger charge is -2.15. The third-order valence-electron chi connectivity index (χ3n) is 2.52. The summed E-state index contributed by atoms with van der Waals surface area (Å²) in [4.78, 5) is 0. The fraction of sp³-hybridized carbons (Fsp3) is 0.333. The molecule has 0 aromatic heterocycles. The van der Waals surface area contributed by atoms with Gasteiger partial charge in [-0.25, -0.2) is 4.39 Å². The van der Waals surface area contributed by atoms with E-state index in [9.17, 15) is 4.39 Å². The van der Waals surface area contributed by atoms with E-state index in [1.165, 1.54) is 17.7 Å². The molecule has 0 atom stereocenters. The molecule has 1 nitrogen and oxygen atoms in total. The van der Waals surface area contributed by atoms with Gasteiger partial charge in [0.2, 0.25) is 0 Å². The first-order valence-electron chi connectivity index (χ1n) is 5.11. The van der Waals surface area contributed by atoms with Crippen molar-refractivity contribution in [2.75, 3.05) is 13.1 Å². The Hall–Kier alpha value is -0.860. The van der Waals surface area contributed by atoms with Crippen molar-refractivity contribution in [3.8, 4) is 0 Å². The number of rotatable bonds is 1. The number of benzene rings is 1. The van der Waals surface area contributed by atoms with Crippen molar-refractivity contribution in [2.24, 2.45) is 0 Å². The standard InChI is InChI=1S/C12H13ClFN/c13-12-4-3-11(14)7-10(12)6-9-2-1-5-15-8-9/h3-4,6-7,15H,1-2,5,8H2/b9-6-. The van der Waals surface area contributed by atoms with Crippen molar-refractivity contribution in [3.63, 3.8) is 0 Å². The Bertz CT molecular complexity index is 379. The van der Waals surface area contributed by atoms with Crippen LogP contribution >= 0.6 is 11.6 Å². The van der Waals surface area contributed by atoms with E-state index in [1.807, 2.05) is 6.08 Å². The highest BCUT2D eigenvalue weighted by molar-refractivity contribution is 6.32. The zero-order chi connectivity index (χ0) is 10.7. The molecule has 1 saturated heterocycles. The summed E-state index contributed by atoms with van der Waals surface area (Å²) in [6.07, 6.45) is 4.19. The predicted octanol–water partition coefficient (Wildman–Crippen LogP) is 3.25. The maximum atomic E-state index is 13.0. The van der Waals surface area contributed by atoms with E-state index in [4.69, 9.17) is 11.6 Å². The van der Waals surface area contributed by atoms with E-state index in [2.05, 4.69) is 5.32 Å². The van der Waals surface area contributed by atoms with Crippen LogP contribution in [-0.4, -0.2) is 13.1 Å². The van der Waals surface area contributed by atoms with Crippen LogP contribution in [0.25, 0.3) is 6.08 Å². The summed E-state index contributed by atoms with van der Waals surface area (Å²) in [7, 11) is 0. The van der Waals surface area contributed by atoms with Crippen LogP contribution in [0.1, 0.15) is 18.4 Å². The first-order chi connectivity index (χ1) is 7.25. The average molecular weight is 226 g/mol. The molecule has 1 N–H and O–H groups in total. The van der Waals surface area contributed by atoms with Gasteiger partial charge in [0, 0.05) is 11.6 Å². The molecule has 1 aromatic rings. The number of nitrogens with one attached hydrogen (secondary N) is 1. The molecule has 1 aromatic carbocycles. The molecule has 0 radical (unpaired) electrons. The van der Waals surface area contributed by atoms with Crippen LogP contribution in [0.5, 0.6) is 0 Å². The van der Waals surface area contributed by atoms with E-state index < -0.39 is 0 Å². The van der Waals surface area contributed by atoms with Crippen molar-refractivity contribution in [1.29, 1.82) is 0 Å². The molecule has 1 aliphatic heterocycles. The molecule has 0 bridgehead atoms. The molecule has 15 heavy (non-hydrogen) atoms. The summed E-state index contributed by atoms with van der Waals surface area (Å²) in [6.45, 7) is 1.95. The Balaban J connectivity index is 2.25. The topological polar surface area (TPSA) is 12.0 Å². The van der Waals surface area contributed by atoms with Crippen molar-refractivity contribution < 1.29 is 4.39 Å². The SMILES string of the molecule is Fc1ccc(Cl)c(/C=C2/CCCNC2)c1. The van der Waals surface area contributed by atoms with E-state index in [1.54, 1.807) is 6.07 Å². The Kier molecular flexibility index (Phi) is 3.39. The molecule has 0 saturated carbocycles. The summed E-state index contributed by atoms with van der Waals surface area (Å²) in [5, 5.41) is 3.89. The van der Waals surface area contributed by atoms with Crippen LogP contribution in [0.4, 0.5) is 4.39 Å². The van der Waals surface area contributed by atoms with Crippen LogP contribution in [0, 0.1) is 5.82 Å². The Morgan fingerprint density at radius 1 is 1.40 bits per heavy atom. The molecule has 3 heteroatoms. The van der Waals surface area contributed by atoms with E-state index >= 15 is 0 Å². The summed E-state index contributed by atoms with van der Waals surface area (Å²) >= 11 is 5.98. The highest BCUT2D eigenvalue weighted by Crippen LogP contribution is 2.21. The maximum absolute atomic E-state index is 13.0. The van der Waals surface area contributed by atoms with Gasteiger partial charge in [0.1, 0.15) is 5.82 Å². The minimum absolute atomic E-state index is 0.241. The summed E-state index contributed by atoms with van der Waals surface area (Å²) in [5.74, 6) is -0.241. The molecule has 1 heterocycles. The maximum Gasteiger partial charge on any atom is 0.123 e. The highest BCUT2D eigenvalue weighted by atomic mass is 35.5. The highest BCUT2D eigenvalue weighted by Gasteiger charge is 2.06. The van der Waals surface area contributed by atoms with Crippen LogP contribution in [-0.2, 0) is 0 Å². The zero-order valence-corrected chi connectivity index (χ0v) is 9.15. The fourth-order valence-electron chi connectivity index (χ4n) is 1.75. The first-order valence-corrected chi connectivity index (χ1v) is 5.49. The van der Waals surface area contributed by atoms with Crippen molar-refractivity contribution in [3.05, 3.63) is 40.2 Å². The Morgan fingerprint density at radius 2 is 2.27 bits per heavy atom.